The van der Waals surface area contributed by atoms with Crippen LogP contribution in [0.1, 0.15) is 12.5 Å². The van der Waals surface area contributed by atoms with E-state index in [1.54, 1.807) is 11.8 Å². The first-order valence-electron chi connectivity index (χ1n) is 6.37. The minimum atomic E-state index is -0.0410. The molecule has 1 saturated heterocycles. The highest BCUT2D eigenvalue weighted by Gasteiger charge is 2.19. The molecule has 0 aromatic heterocycles. The standard InChI is InChI=1S/C14H20N2OS.ClH/c1-10-3-5-13(6-4-10)18-11(2)14(17)16-9-12-7-15-8-12;/h3-6,11-12,15H,7-9H2,1-2H3,(H,16,17);1H. The summed E-state index contributed by atoms with van der Waals surface area (Å²) in [6.45, 7) is 6.88. The molecule has 106 valence electrons. The Kier molecular flexibility index (Phi) is 6.69. The number of aryl methyl sites for hydroxylation is 1. The number of carbonyl (C=O) groups excluding carboxylic acids is 1. The lowest BCUT2D eigenvalue weighted by Crippen LogP contribution is -2.49. The zero-order valence-corrected chi connectivity index (χ0v) is 12.9. The van der Waals surface area contributed by atoms with E-state index in [1.165, 1.54) is 5.56 Å². The Morgan fingerprint density at radius 3 is 2.58 bits per heavy atom. The third-order valence-corrected chi connectivity index (χ3v) is 4.25. The lowest BCUT2D eigenvalue weighted by atomic mass is 10.0. The van der Waals surface area contributed by atoms with Crippen LogP contribution in [0.15, 0.2) is 29.2 Å². The summed E-state index contributed by atoms with van der Waals surface area (Å²) >= 11 is 1.61. The van der Waals surface area contributed by atoms with Gasteiger partial charge in [-0.1, -0.05) is 17.7 Å². The molecule has 19 heavy (non-hydrogen) atoms. The van der Waals surface area contributed by atoms with E-state index in [2.05, 4.69) is 41.8 Å². The summed E-state index contributed by atoms with van der Waals surface area (Å²) in [7, 11) is 0. The summed E-state index contributed by atoms with van der Waals surface area (Å²) in [5.41, 5.74) is 1.24. The number of halogens is 1. The van der Waals surface area contributed by atoms with Crippen molar-refractivity contribution in [3.8, 4) is 0 Å². The number of thioether (sulfide) groups is 1. The van der Waals surface area contributed by atoms with E-state index < -0.39 is 0 Å². The van der Waals surface area contributed by atoms with Crippen molar-refractivity contribution in [1.82, 2.24) is 10.6 Å². The number of hydrogen-bond donors (Lipinski definition) is 2. The van der Waals surface area contributed by atoms with E-state index in [-0.39, 0.29) is 23.6 Å². The number of nitrogens with one attached hydrogen (secondary N) is 2. The van der Waals surface area contributed by atoms with Gasteiger partial charge in [0, 0.05) is 30.4 Å². The normalized spacial score (nSPS) is 16.1. The van der Waals surface area contributed by atoms with Gasteiger partial charge in [0.25, 0.3) is 0 Å². The van der Waals surface area contributed by atoms with Gasteiger partial charge in [0.05, 0.1) is 5.25 Å². The van der Waals surface area contributed by atoms with Crippen molar-refractivity contribution in [2.45, 2.75) is 24.0 Å². The van der Waals surface area contributed by atoms with Crippen LogP contribution in [-0.4, -0.2) is 30.8 Å². The van der Waals surface area contributed by atoms with Crippen LogP contribution in [0.25, 0.3) is 0 Å². The van der Waals surface area contributed by atoms with Crippen molar-refractivity contribution >= 4 is 30.1 Å². The first-order chi connectivity index (χ1) is 8.65. The SMILES string of the molecule is Cc1ccc(SC(C)C(=O)NCC2CNC2)cc1.Cl. The number of rotatable bonds is 5. The Bertz CT molecular complexity index is 406. The van der Waals surface area contributed by atoms with Crippen molar-refractivity contribution in [2.75, 3.05) is 19.6 Å². The van der Waals surface area contributed by atoms with Crippen molar-refractivity contribution in [1.29, 1.82) is 0 Å². The fourth-order valence-electron chi connectivity index (χ4n) is 1.76. The van der Waals surface area contributed by atoms with Gasteiger partial charge in [-0.15, -0.1) is 24.2 Å². The van der Waals surface area contributed by atoms with Crippen LogP contribution in [-0.2, 0) is 4.79 Å². The summed E-state index contributed by atoms with van der Waals surface area (Å²) < 4.78 is 0. The summed E-state index contributed by atoms with van der Waals surface area (Å²) in [6, 6.07) is 8.29. The Hall–Kier alpha value is -0.710. The van der Waals surface area contributed by atoms with Crippen molar-refractivity contribution < 1.29 is 4.79 Å². The fourth-order valence-corrected chi connectivity index (χ4v) is 2.65. The van der Waals surface area contributed by atoms with E-state index in [1.807, 2.05) is 6.92 Å². The maximum Gasteiger partial charge on any atom is 0.233 e. The highest BCUT2D eigenvalue weighted by Crippen LogP contribution is 2.23. The second-order valence-electron chi connectivity index (χ2n) is 4.84. The second kappa shape index (κ2) is 7.78. The molecule has 0 aliphatic carbocycles. The smallest absolute Gasteiger partial charge is 0.233 e. The molecule has 5 heteroatoms. The van der Waals surface area contributed by atoms with Gasteiger partial charge in [0.15, 0.2) is 0 Å². The number of hydrogen-bond acceptors (Lipinski definition) is 3. The van der Waals surface area contributed by atoms with Crippen molar-refractivity contribution in [2.24, 2.45) is 5.92 Å². The molecule has 1 aromatic rings. The summed E-state index contributed by atoms with van der Waals surface area (Å²) in [6.07, 6.45) is 0. The molecule has 1 aromatic carbocycles. The van der Waals surface area contributed by atoms with E-state index in [9.17, 15) is 4.79 Å². The lowest BCUT2D eigenvalue weighted by Gasteiger charge is -2.27. The highest BCUT2D eigenvalue weighted by atomic mass is 35.5. The fraction of sp³-hybridized carbons (Fsp3) is 0.500. The Morgan fingerprint density at radius 1 is 1.42 bits per heavy atom. The molecule has 1 fully saturated rings. The molecule has 1 aliphatic heterocycles. The van der Waals surface area contributed by atoms with Gasteiger partial charge in [-0.25, -0.2) is 0 Å². The molecular formula is C14H21ClN2OS. The Morgan fingerprint density at radius 2 is 2.05 bits per heavy atom. The van der Waals surface area contributed by atoms with Gasteiger partial charge in [-0.3, -0.25) is 4.79 Å². The average molecular weight is 301 g/mol. The van der Waals surface area contributed by atoms with E-state index >= 15 is 0 Å². The summed E-state index contributed by atoms with van der Waals surface area (Å²) in [5, 5.41) is 6.18. The van der Waals surface area contributed by atoms with E-state index in [4.69, 9.17) is 0 Å². The average Bonchev–Trinajstić information content (AvgIpc) is 2.30. The second-order valence-corrected chi connectivity index (χ2v) is 6.26. The topological polar surface area (TPSA) is 41.1 Å². The predicted octanol–water partition coefficient (Wildman–Crippen LogP) is 2.23. The molecule has 2 N–H and O–H groups in total. The van der Waals surface area contributed by atoms with Gasteiger partial charge < -0.3 is 10.6 Å². The van der Waals surface area contributed by atoms with Gasteiger partial charge in [-0.2, -0.15) is 0 Å². The van der Waals surface area contributed by atoms with Crippen LogP contribution < -0.4 is 10.6 Å². The first kappa shape index (κ1) is 16.3. The molecule has 2 rings (SSSR count). The quantitative estimate of drug-likeness (QED) is 0.820. The van der Waals surface area contributed by atoms with Crippen LogP contribution in [0.4, 0.5) is 0 Å². The maximum atomic E-state index is 11.9. The van der Waals surface area contributed by atoms with Crippen LogP contribution in [0.3, 0.4) is 0 Å². The molecule has 0 bridgehead atoms. The molecule has 1 unspecified atom stereocenters. The van der Waals surface area contributed by atoms with Crippen LogP contribution in [0, 0.1) is 12.8 Å². The van der Waals surface area contributed by atoms with Crippen molar-refractivity contribution in [3.63, 3.8) is 0 Å². The largest absolute Gasteiger partial charge is 0.355 e. The molecule has 0 radical (unpaired) electrons. The molecule has 1 aliphatic rings. The molecule has 1 amide bonds. The van der Waals surface area contributed by atoms with Gasteiger partial charge in [-0.05, 0) is 26.0 Å². The Labute approximate surface area is 125 Å². The third kappa shape index (κ3) is 5.05. The number of amides is 1. The highest BCUT2D eigenvalue weighted by molar-refractivity contribution is 8.00. The van der Waals surface area contributed by atoms with E-state index in [0.29, 0.717) is 5.92 Å². The molecule has 3 nitrogen and oxygen atoms in total. The Balaban J connectivity index is 0.00000180. The van der Waals surface area contributed by atoms with Crippen LogP contribution in [0.2, 0.25) is 0 Å². The number of benzene rings is 1. The summed E-state index contributed by atoms with van der Waals surface area (Å²) in [4.78, 5) is 13.1. The molecular weight excluding hydrogens is 280 g/mol. The lowest BCUT2D eigenvalue weighted by molar-refractivity contribution is -0.120. The van der Waals surface area contributed by atoms with Crippen molar-refractivity contribution in [3.05, 3.63) is 29.8 Å². The van der Waals surface area contributed by atoms with Gasteiger partial charge in [0.2, 0.25) is 5.91 Å². The zero-order valence-electron chi connectivity index (χ0n) is 11.3. The maximum absolute atomic E-state index is 11.9. The molecule has 1 heterocycles. The molecule has 0 saturated carbocycles. The minimum Gasteiger partial charge on any atom is -0.355 e. The third-order valence-electron chi connectivity index (χ3n) is 3.13. The van der Waals surface area contributed by atoms with Crippen LogP contribution >= 0.6 is 24.2 Å². The molecule has 1 atom stereocenters. The summed E-state index contributed by atoms with van der Waals surface area (Å²) in [5.74, 6) is 0.748. The van der Waals surface area contributed by atoms with Gasteiger partial charge >= 0.3 is 0 Å². The van der Waals surface area contributed by atoms with Crippen LogP contribution in [0.5, 0.6) is 0 Å². The predicted molar refractivity (Wildman–Crippen MR) is 83.1 cm³/mol. The minimum absolute atomic E-state index is 0. The van der Waals surface area contributed by atoms with Gasteiger partial charge in [0.1, 0.15) is 0 Å². The monoisotopic (exact) mass is 300 g/mol. The van der Waals surface area contributed by atoms with E-state index in [0.717, 1.165) is 24.5 Å². The zero-order chi connectivity index (χ0) is 13.0. The molecule has 0 spiro atoms. The first-order valence-corrected chi connectivity index (χ1v) is 7.25. The number of carbonyl (C=O) groups is 1.